The van der Waals surface area contributed by atoms with E-state index in [0.29, 0.717) is 6.04 Å². The van der Waals surface area contributed by atoms with Crippen molar-refractivity contribution in [3.8, 4) is 0 Å². The van der Waals surface area contributed by atoms with Crippen molar-refractivity contribution in [3.63, 3.8) is 0 Å². The molecule has 19 heavy (non-hydrogen) atoms. The van der Waals surface area contributed by atoms with Gasteiger partial charge in [0.2, 0.25) is 0 Å². The van der Waals surface area contributed by atoms with Crippen LogP contribution >= 0.6 is 0 Å². The van der Waals surface area contributed by atoms with Gasteiger partial charge >= 0.3 is 0 Å². The van der Waals surface area contributed by atoms with E-state index in [2.05, 4.69) is 56.2 Å². The van der Waals surface area contributed by atoms with Gasteiger partial charge in [-0.3, -0.25) is 4.98 Å². The Morgan fingerprint density at radius 2 is 1.84 bits per heavy atom. The average Bonchev–Trinajstić information content (AvgIpc) is 2.41. The Bertz CT molecular complexity index is 547. The Kier molecular flexibility index (Phi) is 4.33. The Labute approximate surface area is 115 Å². The van der Waals surface area contributed by atoms with E-state index in [1.54, 1.807) is 6.20 Å². The van der Waals surface area contributed by atoms with Crippen LogP contribution in [0.4, 0.5) is 0 Å². The van der Waals surface area contributed by atoms with Gasteiger partial charge in [-0.15, -0.1) is 0 Å². The summed E-state index contributed by atoms with van der Waals surface area (Å²) >= 11 is 0. The predicted molar refractivity (Wildman–Crippen MR) is 80.1 cm³/mol. The van der Waals surface area contributed by atoms with Crippen LogP contribution in [-0.4, -0.2) is 4.98 Å². The van der Waals surface area contributed by atoms with E-state index in [0.717, 1.165) is 6.54 Å². The highest BCUT2D eigenvalue weighted by Gasteiger charge is 2.09. The van der Waals surface area contributed by atoms with Crippen molar-refractivity contribution in [1.29, 1.82) is 0 Å². The second-order valence-electron chi connectivity index (χ2n) is 5.26. The van der Waals surface area contributed by atoms with Crippen LogP contribution in [0.2, 0.25) is 0 Å². The minimum absolute atomic E-state index is 0.347. The monoisotopic (exact) mass is 254 g/mol. The summed E-state index contributed by atoms with van der Waals surface area (Å²) in [7, 11) is 0. The number of benzene rings is 1. The molecule has 0 saturated heterocycles. The second kappa shape index (κ2) is 5.98. The zero-order chi connectivity index (χ0) is 13.8. The van der Waals surface area contributed by atoms with Gasteiger partial charge in [-0.2, -0.15) is 0 Å². The van der Waals surface area contributed by atoms with Gasteiger partial charge in [0.25, 0.3) is 0 Å². The minimum Gasteiger partial charge on any atom is -0.306 e. The predicted octanol–water partition coefficient (Wildman–Crippen LogP) is 3.86. The summed E-state index contributed by atoms with van der Waals surface area (Å²) < 4.78 is 0. The summed E-state index contributed by atoms with van der Waals surface area (Å²) in [6.45, 7) is 9.59. The molecule has 1 aromatic carbocycles. The fourth-order valence-electron chi connectivity index (χ4n) is 2.33. The maximum atomic E-state index is 4.14. The van der Waals surface area contributed by atoms with Crippen molar-refractivity contribution in [2.45, 2.75) is 40.3 Å². The molecule has 0 aliphatic rings. The van der Waals surface area contributed by atoms with Crippen molar-refractivity contribution in [3.05, 3.63) is 64.5 Å². The number of aryl methyl sites for hydroxylation is 3. The van der Waals surface area contributed by atoms with E-state index in [4.69, 9.17) is 0 Å². The molecule has 0 fully saturated rings. The highest BCUT2D eigenvalue weighted by Crippen LogP contribution is 2.21. The zero-order valence-electron chi connectivity index (χ0n) is 12.2. The van der Waals surface area contributed by atoms with Crippen LogP contribution in [0.5, 0.6) is 0 Å². The maximum absolute atomic E-state index is 4.14. The van der Waals surface area contributed by atoms with E-state index < -0.39 is 0 Å². The molecule has 0 aliphatic heterocycles. The summed E-state index contributed by atoms with van der Waals surface area (Å²) in [6.07, 6.45) is 3.72. The van der Waals surface area contributed by atoms with Crippen molar-refractivity contribution in [1.82, 2.24) is 10.3 Å². The first-order valence-electron chi connectivity index (χ1n) is 6.78. The summed E-state index contributed by atoms with van der Waals surface area (Å²) in [5, 5.41) is 3.56. The largest absolute Gasteiger partial charge is 0.306 e. The molecule has 0 aliphatic carbocycles. The molecule has 0 radical (unpaired) electrons. The summed E-state index contributed by atoms with van der Waals surface area (Å²) in [5.41, 5.74) is 6.67. The van der Waals surface area contributed by atoms with Gasteiger partial charge in [-0.1, -0.05) is 18.2 Å². The highest BCUT2D eigenvalue weighted by atomic mass is 14.9. The smallest absolute Gasteiger partial charge is 0.0312 e. The van der Waals surface area contributed by atoms with E-state index in [-0.39, 0.29) is 0 Å². The topological polar surface area (TPSA) is 24.9 Å². The van der Waals surface area contributed by atoms with Crippen LogP contribution in [0.15, 0.2) is 36.7 Å². The molecule has 2 nitrogen and oxygen atoms in total. The fraction of sp³-hybridized carbons (Fsp3) is 0.353. The lowest BCUT2D eigenvalue weighted by Crippen LogP contribution is -2.19. The lowest BCUT2D eigenvalue weighted by Gasteiger charge is -2.18. The summed E-state index contributed by atoms with van der Waals surface area (Å²) in [4.78, 5) is 4.14. The minimum atomic E-state index is 0.347. The first-order valence-corrected chi connectivity index (χ1v) is 6.78. The number of hydrogen-bond donors (Lipinski definition) is 1. The first-order chi connectivity index (χ1) is 9.08. The number of pyridine rings is 1. The van der Waals surface area contributed by atoms with Crippen molar-refractivity contribution >= 4 is 0 Å². The zero-order valence-corrected chi connectivity index (χ0v) is 12.2. The molecule has 0 spiro atoms. The van der Waals surface area contributed by atoms with Crippen LogP contribution < -0.4 is 5.32 Å². The quantitative estimate of drug-likeness (QED) is 0.896. The van der Waals surface area contributed by atoms with Gasteiger partial charge in [-0.25, -0.2) is 0 Å². The van der Waals surface area contributed by atoms with Crippen LogP contribution in [-0.2, 0) is 6.54 Å². The molecular formula is C17H22N2. The number of nitrogens with one attached hydrogen (secondary N) is 1. The van der Waals surface area contributed by atoms with Gasteiger partial charge in [0.1, 0.15) is 0 Å². The van der Waals surface area contributed by atoms with Gasteiger partial charge in [0, 0.05) is 25.0 Å². The van der Waals surface area contributed by atoms with Crippen LogP contribution in [0.1, 0.15) is 40.8 Å². The lowest BCUT2D eigenvalue weighted by molar-refractivity contribution is 0.571. The Morgan fingerprint density at radius 3 is 2.53 bits per heavy atom. The van der Waals surface area contributed by atoms with Gasteiger partial charge < -0.3 is 5.32 Å². The van der Waals surface area contributed by atoms with Crippen molar-refractivity contribution in [2.24, 2.45) is 0 Å². The molecule has 1 N–H and O–H groups in total. The lowest BCUT2D eigenvalue weighted by atomic mass is 9.96. The number of rotatable bonds is 4. The molecule has 0 bridgehead atoms. The molecule has 2 heteroatoms. The molecule has 2 aromatic rings. The Balaban J connectivity index is 2.08. The Morgan fingerprint density at radius 1 is 1.11 bits per heavy atom. The molecule has 2 rings (SSSR count). The normalized spacial score (nSPS) is 12.4. The van der Waals surface area contributed by atoms with Gasteiger partial charge in [0.05, 0.1) is 0 Å². The van der Waals surface area contributed by atoms with Crippen LogP contribution in [0.25, 0.3) is 0 Å². The first kappa shape index (κ1) is 13.8. The summed E-state index contributed by atoms with van der Waals surface area (Å²) in [6, 6.07) is 8.99. The van der Waals surface area contributed by atoms with E-state index >= 15 is 0 Å². The fourth-order valence-corrected chi connectivity index (χ4v) is 2.33. The van der Waals surface area contributed by atoms with Gasteiger partial charge in [-0.05, 0) is 61.6 Å². The molecule has 1 unspecified atom stereocenters. The van der Waals surface area contributed by atoms with Crippen LogP contribution in [0, 0.1) is 20.8 Å². The van der Waals surface area contributed by atoms with E-state index in [1.165, 1.54) is 27.8 Å². The molecule has 100 valence electrons. The third kappa shape index (κ3) is 3.42. The molecule has 1 heterocycles. The van der Waals surface area contributed by atoms with E-state index in [1.807, 2.05) is 12.3 Å². The number of nitrogens with zero attached hydrogens (tertiary/aromatic N) is 1. The molecule has 0 saturated carbocycles. The number of aromatic nitrogens is 1. The standard InChI is InChI=1S/C17H22N2/c1-12-8-14(3)17(9-13(12)2)15(4)19-11-16-6-5-7-18-10-16/h5-10,15,19H,11H2,1-4H3. The summed E-state index contributed by atoms with van der Waals surface area (Å²) in [5.74, 6) is 0. The third-order valence-electron chi connectivity index (χ3n) is 3.68. The molecule has 1 atom stereocenters. The van der Waals surface area contributed by atoms with Crippen molar-refractivity contribution in [2.75, 3.05) is 0 Å². The molecule has 0 amide bonds. The van der Waals surface area contributed by atoms with Gasteiger partial charge in [0.15, 0.2) is 0 Å². The number of hydrogen-bond acceptors (Lipinski definition) is 2. The third-order valence-corrected chi connectivity index (χ3v) is 3.68. The van der Waals surface area contributed by atoms with E-state index in [9.17, 15) is 0 Å². The van der Waals surface area contributed by atoms with Crippen LogP contribution in [0.3, 0.4) is 0 Å². The average molecular weight is 254 g/mol. The SMILES string of the molecule is Cc1cc(C)c(C(C)NCc2cccnc2)cc1C. The Hall–Kier alpha value is -1.67. The highest BCUT2D eigenvalue weighted by molar-refractivity contribution is 5.38. The molecule has 1 aromatic heterocycles. The van der Waals surface area contributed by atoms with Crippen molar-refractivity contribution < 1.29 is 0 Å². The second-order valence-corrected chi connectivity index (χ2v) is 5.26. The maximum Gasteiger partial charge on any atom is 0.0312 e. The molecular weight excluding hydrogens is 232 g/mol.